The van der Waals surface area contributed by atoms with Crippen molar-refractivity contribution in [1.29, 1.82) is 0 Å². The summed E-state index contributed by atoms with van der Waals surface area (Å²) in [6.07, 6.45) is 12.1. The maximum Gasteiger partial charge on any atom is 0.341 e. The molecule has 4 aromatic rings. The highest BCUT2D eigenvalue weighted by Crippen LogP contribution is 2.61. The molecule has 1 amide bonds. The van der Waals surface area contributed by atoms with Gasteiger partial charge in [0, 0.05) is 78.3 Å². The van der Waals surface area contributed by atoms with Crippen molar-refractivity contribution in [2.75, 3.05) is 30.3 Å². The first-order valence-corrected chi connectivity index (χ1v) is 36.7. The number of unbranched alkanes of at least 4 members (excludes halogenated alkanes) is 3. The fourth-order valence-corrected chi connectivity index (χ4v) is 15.4. The molecule has 3 aliphatic rings. The maximum atomic E-state index is 13.0. The number of hydrogen-bond acceptors (Lipinski definition) is 16. The molecule has 3 aromatic carbocycles. The van der Waals surface area contributed by atoms with E-state index in [-0.39, 0.29) is 65.9 Å². The third-order valence-corrected chi connectivity index (χ3v) is 22.5. The number of rotatable bonds is 27. The first-order chi connectivity index (χ1) is 40.2. The highest BCUT2D eigenvalue weighted by molar-refractivity contribution is 7.86. The van der Waals surface area contributed by atoms with Crippen LogP contribution in [0.2, 0.25) is 0 Å². The zero-order valence-electron chi connectivity index (χ0n) is 47.9. The van der Waals surface area contributed by atoms with Crippen LogP contribution in [0.3, 0.4) is 0 Å². The average molecular weight is 1330 g/mol. The highest BCUT2D eigenvalue weighted by atomic mass is 32.2. The number of amides is 1. The number of aromatic nitrogens is 1. The Balaban J connectivity index is 1.14. The molecule has 1 atom stereocenters. The van der Waals surface area contributed by atoms with Gasteiger partial charge < -0.3 is 48.7 Å². The second-order valence-electron chi connectivity index (χ2n) is 22.6. The van der Waals surface area contributed by atoms with E-state index in [0.717, 1.165) is 5.70 Å². The summed E-state index contributed by atoms with van der Waals surface area (Å²) in [6, 6.07) is 16.3. The fourth-order valence-electron chi connectivity index (χ4n) is 10.9. The summed E-state index contributed by atoms with van der Waals surface area (Å²) in [7, 11) is -28.8. The number of aliphatic hydroxyl groups excluding tert-OH is 1. The van der Waals surface area contributed by atoms with Crippen LogP contribution in [-0.2, 0) is 78.2 Å². The molecule has 474 valence electrons. The maximum absolute atomic E-state index is 13.0. The Morgan fingerprint density at radius 1 is 0.747 bits per heavy atom. The Labute approximate surface area is 505 Å². The van der Waals surface area contributed by atoms with E-state index in [0.29, 0.717) is 90.2 Å². The number of allylic oxidation sites excluding steroid dienone is 7. The molecule has 1 aromatic heterocycles. The third-order valence-electron chi connectivity index (χ3n) is 15.4. The van der Waals surface area contributed by atoms with Crippen LogP contribution in [-0.4, -0.2) is 130 Å². The van der Waals surface area contributed by atoms with Crippen molar-refractivity contribution in [2.45, 2.75) is 135 Å². The van der Waals surface area contributed by atoms with Crippen LogP contribution < -0.4 is 19.5 Å². The van der Waals surface area contributed by atoms with Gasteiger partial charge in [-0.1, -0.05) is 26.3 Å². The number of aliphatic hydroxyl groups is 1. The SMILES string of the molecule is CC1(C)C(/C=C\C2=C(Oc3ccc(S(=O)(=O)O)cc3)C(=C/C=C3\N(CCCCCC(=O)NCC(O)C[n+]4ccc(CC(P(=O)(O)O)P(=O)(O)O)cc4)c4ccc(S(=O)(=O)O)cc4C3(C)C)/CCC2)=[N+](CCCCS(=O)(=O)[O-])c2ccc(S(=O)(=O)[O-])cc21. The quantitative estimate of drug-likeness (QED) is 0.0153. The number of anilines is 1. The van der Waals surface area contributed by atoms with Crippen molar-refractivity contribution in [3.05, 3.63) is 149 Å². The molecule has 0 saturated carbocycles. The smallest absolute Gasteiger partial charge is 0.341 e. The topological polar surface area (TPSA) is 407 Å². The lowest BCUT2D eigenvalue weighted by Gasteiger charge is -2.27. The van der Waals surface area contributed by atoms with Crippen molar-refractivity contribution in [3.8, 4) is 5.75 Å². The zero-order chi connectivity index (χ0) is 64.3. The van der Waals surface area contributed by atoms with Gasteiger partial charge in [0.1, 0.15) is 34.3 Å². The number of carbonyl (C=O) groups is 1. The number of ether oxygens (including phenoxy) is 1. The molecule has 87 heavy (non-hydrogen) atoms. The van der Waals surface area contributed by atoms with Gasteiger partial charge in [-0.25, -0.2) is 21.4 Å². The van der Waals surface area contributed by atoms with Gasteiger partial charge in [0.2, 0.25) is 11.6 Å². The third kappa shape index (κ3) is 17.6. The number of pyridine rings is 1. The monoisotopic (exact) mass is 1320 g/mol. The van der Waals surface area contributed by atoms with Crippen LogP contribution in [0.5, 0.6) is 5.75 Å². The molecule has 0 fully saturated rings. The first-order valence-electron chi connectivity index (χ1n) is 27.4. The molecule has 31 heteroatoms. The van der Waals surface area contributed by atoms with Crippen LogP contribution >= 0.6 is 15.2 Å². The van der Waals surface area contributed by atoms with Crippen LogP contribution in [0.1, 0.15) is 102 Å². The van der Waals surface area contributed by atoms with E-state index in [4.69, 9.17) is 4.74 Å². The minimum Gasteiger partial charge on any atom is -0.748 e. The number of nitrogens with one attached hydrogen (secondary N) is 1. The second-order valence-corrected chi connectivity index (χ2v) is 32.3. The summed E-state index contributed by atoms with van der Waals surface area (Å²) in [4.78, 5) is 51.7. The standard InChI is InChI=1S/C56H70N4O21P2S4/c1-55(2)46-34-44(86(75,76)77)20-22-48(46)59(28-7-5-6-13-52(62)57-36-41(61)37-58-30-26-38(27-31-58)33-53(82(63,64)65)83(66,67)68)50(55)24-14-39-11-10-12-40(54(39)81-42-16-18-43(19-17-42)85(72,73)74)15-25-51-56(3,4)47-35-45(87(78,79)80)21-23-49(47)60(51)29-8-9-32-84(69,70)71/h14-27,30-31,34-35,41,53,61H,5-13,28-29,32-33,36-37H2,1-4H3,(H7-2,57,62,63,64,65,66,67,68,69,70,71,72,73,74,75,76,77,78,79,80). The minimum absolute atomic E-state index is 0.00669. The van der Waals surface area contributed by atoms with Gasteiger partial charge >= 0.3 is 15.2 Å². The largest absolute Gasteiger partial charge is 0.748 e. The number of hydrogen-bond donors (Lipinski definition) is 8. The molecular weight excluding hydrogens is 1250 g/mol. The molecule has 0 spiro atoms. The number of benzene rings is 3. The van der Waals surface area contributed by atoms with Gasteiger partial charge in [-0.15, -0.1) is 0 Å². The Morgan fingerprint density at radius 3 is 1.98 bits per heavy atom. The molecule has 8 N–H and O–H groups in total. The molecule has 1 aliphatic carbocycles. The Kier molecular flexibility index (Phi) is 21.3. The minimum atomic E-state index is -5.13. The second kappa shape index (κ2) is 26.9. The normalized spacial score (nSPS) is 17.8. The Morgan fingerprint density at radius 2 is 1.37 bits per heavy atom. The summed E-state index contributed by atoms with van der Waals surface area (Å²) < 4.78 is 173. The summed E-state index contributed by atoms with van der Waals surface area (Å²) >= 11 is 0. The molecule has 7 rings (SSSR count). The van der Waals surface area contributed by atoms with E-state index in [9.17, 15) is 90.5 Å². The molecule has 1 unspecified atom stereocenters. The molecule has 0 radical (unpaired) electrons. The lowest BCUT2D eigenvalue weighted by Crippen LogP contribution is -2.44. The van der Waals surface area contributed by atoms with Crippen molar-refractivity contribution in [1.82, 2.24) is 5.32 Å². The predicted octanol–water partition coefficient (Wildman–Crippen LogP) is 5.72. The average Bonchev–Trinajstić information content (AvgIpc) is 1.60. The summed E-state index contributed by atoms with van der Waals surface area (Å²) in [5.74, 6) is -0.350. The van der Waals surface area contributed by atoms with Gasteiger partial charge in [-0.3, -0.25) is 23.0 Å². The summed E-state index contributed by atoms with van der Waals surface area (Å²) in [6.45, 7) is 7.96. The molecular formula is C56H70N4O21P2S4. The van der Waals surface area contributed by atoms with Crippen LogP contribution in [0.15, 0.2) is 147 Å². The fraction of sp³-hybridized carbons (Fsp3) is 0.411. The van der Waals surface area contributed by atoms with Gasteiger partial charge in [0.25, 0.3) is 20.2 Å². The number of carbonyl (C=O) groups excluding carboxylic acids is 1. The predicted molar refractivity (Wildman–Crippen MR) is 316 cm³/mol. The van der Waals surface area contributed by atoms with E-state index < -0.39 is 95.1 Å². The summed E-state index contributed by atoms with van der Waals surface area (Å²) in [5.41, 5.74) is 3.47. The van der Waals surface area contributed by atoms with Crippen molar-refractivity contribution >= 4 is 78.7 Å². The lowest BCUT2D eigenvalue weighted by atomic mass is 9.81. The van der Waals surface area contributed by atoms with E-state index in [1.54, 1.807) is 6.07 Å². The van der Waals surface area contributed by atoms with E-state index >= 15 is 0 Å². The van der Waals surface area contributed by atoms with Gasteiger partial charge in [-0.05, 0) is 148 Å². The van der Waals surface area contributed by atoms with Crippen LogP contribution in [0, 0.1) is 0 Å². The van der Waals surface area contributed by atoms with Gasteiger partial charge in [0.15, 0.2) is 30.1 Å². The van der Waals surface area contributed by atoms with Gasteiger partial charge in [-0.2, -0.15) is 21.4 Å². The van der Waals surface area contributed by atoms with Crippen molar-refractivity contribution < 1.29 is 104 Å². The first kappa shape index (κ1) is 68.9. The number of nitrogens with zero attached hydrogens (tertiary/aromatic N) is 3. The molecule has 0 saturated heterocycles. The van der Waals surface area contributed by atoms with Crippen molar-refractivity contribution in [2.24, 2.45) is 0 Å². The lowest BCUT2D eigenvalue weighted by molar-refractivity contribution is -0.703. The highest BCUT2D eigenvalue weighted by Gasteiger charge is 2.46. The number of fused-ring (bicyclic) bond motifs is 2. The Bertz CT molecular complexity index is 4000. The van der Waals surface area contributed by atoms with E-state index in [1.807, 2.05) is 61.5 Å². The van der Waals surface area contributed by atoms with Gasteiger partial charge in [0.05, 0.1) is 30.2 Å². The van der Waals surface area contributed by atoms with Crippen LogP contribution in [0.25, 0.3) is 0 Å². The van der Waals surface area contributed by atoms with Crippen LogP contribution in [0.4, 0.5) is 11.4 Å². The molecule has 3 heterocycles. The molecule has 0 bridgehead atoms. The summed E-state index contributed by atoms with van der Waals surface area (Å²) in [5, 5.41) is 11.2. The zero-order valence-corrected chi connectivity index (χ0v) is 52.9. The van der Waals surface area contributed by atoms with E-state index in [2.05, 4.69) is 5.32 Å². The Hall–Kier alpha value is -5.59. The van der Waals surface area contributed by atoms with Crippen molar-refractivity contribution in [3.63, 3.8) is 0 Å². The molecule has 25 nitrogen and oxygen atoms in total. The molecule has 2 aliphatic heterocycles. The van der Waals surface area contributed by atoms with E-state index in [1.165, 1.54) is 83.7 Å².